The summed E-state index contributed by atoms with van der Waals surface area (Å²) in [5.41, 5.74) is 12.2. The van der Waals surface area contributed by atoms with Crippen molar-refractivity contribution in [1.82, 2.24) is 9.13 Å². The van der Waals surface area contributed by atoms with E-state index in [2.05, 4.69) is 168 Å². The third kappa shape index (κ3) is 3.76. The van der Waals surface area contributed by atoms with Gasteiger partial charge in [-0.2, -0.15) is 0 Å². The highest BCUT2D eigenvalue weighted by atomic mass is 15.1. The summed E-state index contributed by atoms with van der Waals surface area (Å²) < 4.78 is 9.07. The molecule has 0 aliphatic carbocycles. The molecule has 0 fully saturated rings. The van der Waals surface area contributed by atoms with Gasteiger partial charge in [0.05, 0.1) is 39.3 Å². The summed E-state index contributed by atoms with van der Waals surface area (Å²) in [5, 5.41) is 0. The number of nitrogens with zero attached hydrogens (tertiary/aromatic N) is 4. The minimum absolute atomic E-state index is 1.20. The van der Waals surface area contributed by atoms with Crippen LogP contribution >= 0.6 is 0 Å². The number of para-hydroxylation sites is 4. The minimum atomic E-state index is 1.20. The van der Waals surface area contributed by atoms with Crippen molar-refractivity contribution in [2.24, 2.45) is 28.2 Å². The number of rotatable bonds is 4. The molecule has 4 nitrogen and oxygen atoms in total. The molecule has 0 saturated carbocycles. The molecule has 194 valence electrons. The fourth-order valence-corrected chi connectivity index (χ4v) is 6.22. The molecule has 0 aliphatic rings. The molecule has 4 heteroatoms. The Morgan fingerprint density at radius 1 is 0.375 bits per heavy atom. The summed E-state index contributed by atoms with van der Waals surface area (Å²) in [7, 11) is 8.55. The van der Waals surface area contributed by atoms with Gasteiger partial charge in [0.2, 0.25) is 0 Å². The zero-order valence-corrected chi connectivity index (χ0v) is 23.3. The van der Waals surface area contributed by atoms with Crippen molar-refractivity contribution in [3.63, 3.8) is 0 Å². The molecule has 5 aromatic carbocycles. The van der Waals surface area contributed by atoms with Gasteiger partial charge in [0.1, 0.15) is 0 Å². The Bertz CT molecular complexity index is 1780. The van der Waals surface area contributed by atoms with Crippen LogP contribution in [0.25, 0.3) is 67.1 Å². The average molecular weight is 521 g/mol. The summed E-state index contributed by atoms with van der Waals surface area (Å²) in [6, 6.07) is 43.7. The normalized spacial score (nSPS) is 11.5. The van der Waals surface area contributed by atoms with Gasteiger partial charge in [-0.05, 0) is 70.8 Å². The van der Waals surface area contributed by atoms with Crippen LogP contribution in [0.15, 0.2) is 121 Å². The fraction of sp³-hybridized carbons (Fsp3) is 0.111. The molecule has 0 amide bonds. The van der Waals surface area contributed by atoms with E-state index in [4.69, 9.17) is 0 Å². The second kappa shape index (κ2) is 9.35. The molecular formula is C36H32N4+2. The van der Waals surface area contributed by atoms with Crippen molar-refractivity contribution < 1.29 is 9.13 Å². The molecule has 0 bridgehead atoms. The summed E-state index contributed by atoms with van der Waals surface area (Å²) in [6.45, 7) is 0. The maximum Gasteiger partial charge on any atom is 0.289 e. The van der Waals surface area contributed by atoms with Gasteiger partial charge in [0.25, 0.3) is 11.6 Å². The lowest BCUT2D eigenvalue weighted by atomic mass is 9.99. The number of imidazole rings is 2. The lowest BCUT2D eigenvalue weighted by Crippen LogP contribution is -2.29. The van der Waals surface area contributed by atoms with Crippen LogP contribution in [-0.4, -0.2) is 9.13 Å². The number of hydrogen-bond donors (Lipinski definition) is 0. The molecular weight excluding hydrogens is 488 g/mol. The highest BCUT2D eigenvalue weighted by molar-refractivity contribution is 5.78. The van der Waals surface area contributed by atoms with Gasteiger partial charge in [-0.1, -0.05) is 72.8 Å². The number of fused-ring (bicyclic) bond motifs is 2. The lowest BCUT2D eigenvalue weighted by Gasteiger charge is -2.07. The summed E-state index contributed by atoms with van der Waals surface area (Å²) in [5.74, 6) is 2.40. The molecule has 2 heterocycles. The summed E-state index contributed by atoms with van der Waals surface area (Å²) in [4.78, 5) is 0. The average Bonchev–Trinajstić information content (AvgIpc) is 3.42. The van der Waals surface area contributed by atoms with Crippen LogP contribution in [0.5, 0.6) is 0 Å². The van der Waals surface area contributed by atoms with Crippen LogP contribution < -0.4 is 9.13 Å². The van der Waals surface area contributed by atoms with Crippen molar-refractivity contribution >= 4 is 22.1 Å². The Balaban J connectivity index is 1.14. The van der Waals surface area contributed by atoms with Crippen molar-refractivity contribution in [1.29, 1.82) is 0 Å². The highest BCUT2D eigenvalue weighted by Gasteiger charge is 2.22. The first kappa shape index (κ1) is 24.1. The van der Waals surface area contributed by atoms with E-state index in [0.717, 1.165) is 0 Å². The molecule has 0 N–H and O–H groups in total. The molecule has 0 unspecified atom stereocenters. The molecule has 0 saturated heterocycles. The predicted molar refractivity (Wildman–Crippen MR) is 163 cm³/mol. The van der Waals surface area contributed by atoms with E-state index in [-0.39, 0.29) is 0 Å². The molecule has 2 aromatic heterocycles. The Morgan fingerprint density at radius 3 is 0.950 bits per heavy atom. The second-order valence-corrected chi connectivity index (χ2v) is 10.6. The molecule has 7 aromatic rings. The van der Waals surface area contributed by atoms with Gasteiger partial charge in [0.15, 0.2) is 22.1 Å². The minimum Gasteiger partial charge on any atom is -0.226 e. The van der Waals surface area contributed by atoms with Gasteiger partial charge in [-0.15, -0.1) is 0 Å². The van der Waals surface area contributed by atoms with E-state index in [1.54, 1.807) is 0 Å². The molecule has 0 radical (unpaired) electrons. The van der Waals surface area contributed by atoms with Crippen LogP contribution in [0, 0.1) is 0 Å². The number of hydrogen-bond acceptors (Lipinski definition) is 0. The third-order valence-corrected chi connectivity index (χ3v) is 8.32. The molecule has 0 aliphatic heterocycles. The maximum atomic E-state index is 2.27. The smallest absolute Gasteiger partial charge is 0.226 e. The van der Waals surface area contributed by atoms with E-state index >= 15 is 0 Å². The predicted octanol–water partition coefficient (Wildman–Crippen LogP) is 6.99. The van der Waals surface area contributed by atoms with Crippen LogP contribution in [0.2, 0.25) is 0 Å². The van der Waals surface area contributed by atoms with Gasteiger partial charge in [0, 0.05) is 0 Å². The Morgan fingerprint density at radius 2 is 0.650 bits per heavy atom. The van der Waals surface area contributed by atoms with Gasteiger partial charge >= 0.3 is 0 Å². The maximum absolute atomic E-state index is 2.27. The van der Waals surface area contributed by atoms with Crippen molar-refractivity contribution in [2.45, 2.75) is 0 Å². The zero-order chi connectivity index (χ0) is 27.4. The van der Waals surface area contributed by atoms with E-state index < -0.39 is 0 Å². The monoisotopic (exact) mass is 520 g/mol. The number of aryl methyl sites for hydroxylation is 4. The zero-order valence-electron chi connectivity index (χ0n) is 23.3. The highest BCUT2D eigenvalue weighted by Crippen LogP contribution is 2.29. The van der Waals surface area contributed by atoms with Gasteiger partial charge in [-0.25, -0.2) is 18.3 Å². The van der Waals surface area contributed by atoms with E-state index in [9.17, 15) is 0 Å². The molecule has 40 heavy (non-hydrogen) atoms. The lowest BCUT2D eigenvalue weighted by molar-refractivity contribution is -0.634. The topological polar surface area (TPSA) is 17.6 Å². The first-order valence-electron chi connectivity index (χ1n) is 13.7. The van der Waals surface area contributed by atoms with E-state index in [1.807, 2.05) is 0 Å². The van der Waals surface area contributed by atoms with Crippen molar-refractivity contribution in [3.8, 4) is 45.0 Å². The van der Waals surface area contributed by atoms with Crippen LogP contribution in [0.1, 0.15) is 0 Å². The Hall–Kier alpha value is -4.96. The van der Waals surface area contributed by atoms with Crippen molar-refractivity contribution in [2.75, 3.05) is 0 Å². The fourth-order valence-electron chi connectivity index (χ4n) is 6.22. The van der Waals surface area contributed by atoms with Crippen LogP contribution in [0.3, 0.4) is 0 Å². The van der Waals surface area contributed by atoms with Crippen LogP contribution in [-0.2, 0) is 28.2 Å². The molecule has 0 atom stereocenters. The quantitative estimate of drug-likeness (QED) is 0.223. The molecule has 7 rings (SSSR count). The van der Waals surface area contributed by atoms with Gasteiger partial charge < -0.3 is 0 Å². The SMILES string of the molecule is Cn1c(-c2ccc(-c3ccc(-c4ccc(-c5n(C)c6ccccc6[n+]5C)cc4)cc3)cc2)[n+](C)c2ccccc21. The molecule has 0 spiro atoms. The van der Waals surface area contributed by atoms with E-state index in [0.29, 0.717) is 0 Å². The summed E-state index contributed by atoms with van der Waals surface area (Å²) in [6.07, 6.45) is 0. The number of aromatic nitrogens is 4. The third-order valence-electron chi connectivity index (χ3n) is 8.32. The first-order valence-corrected chi connectivity index (χ1v) is 13.7. The summed E-state index contributed by atoms with van der Waals surface area (Å²) >= 11 is 0. The first-order chi connectivity index (χ1) is 19.5. The van der Waals surface area contributed by atoms with Crippen LogP contribution in [0.4, 0.5) is 0 Å². The van der Waals surface area contributed by atoms with Gasteiger partial charge in [-0.3, -0.25) is 0 Å². The second-order valence-electron chi connectivity index (χ2n) is 10.6. The Kier molecular flexibility index (Phi) is 5.64. The largest absolute Gasteiger partial charge is 0.289 e. The number of benzene rings is 5. The van der Waals surface area contributed by atoms with Crippen molar-refractivity contribution in [3.05, 3.63) is 121 Å². The Labute approximate surface area is 234 Å². The standard InChI is InChI=1S/C36H32N4/c1-37-31-9-5-6-10-32(31)38(2)35(37)29-21-17-27(18-22-29)25-13-15-26(16-14-25)28-19-23-30(24-20-28)36-39(3)33-11-7-8-12-34(33)40(36)4/h5-24H,1-4H3/q+2. The van der Waals surface area contributed by atoms with E-state index in [1.165, 1.54) is 67.1 Å².